The van der Waals surface area contributed by atoms with Crippen molar-refractivity contribution < 1.29 is 9.47 Å². The Labute approximate surface area is 229 Å². The van der Waals surface area contributed by atoms with E-state index in [2.05, 4.69) is 29.8 Å². The Morgan fingerprint density at radius 1 is 0.784 bits per heavy atom. The zero-order valence-corrected chi connectivity index (χ0v) is 23.9. The fraction of sp³-hybridized carbons (Fsp3) is 0.520. The van der Waals surface area contributed by atoms with Gasteiger partial charge >= 0.3 is 0 Å². The second kappa shape index (κ2) is 17.6. The van der Waals surface area contributed by atoms with Gasteiger partial charge in [0.1, 0.15) is 11.5 Å². The van der Waals surface area contributed by atoms with Crippen molar-refractivity contribution in [1.82, 2.24) is 19.8 Å². The van der Waals surface area contributed by atoms with Crippen molar-refractivity contribution in [2.45, 2.75) is 17.9 Å². The summed E-state index contributed by atoms with van der Waals surface area (Å²) in [5.41, 5.74) is 14.3. The van der Waals surface area contributed by atoms with Crippen LogP contribution in [-0.2, 0) is 11.5 Å². The summed E-state index contributed by atoms with van der Waals surface area (Å²) < 4.78 is 10.8. The smallest absolute Gasteiger partial charge is 0.190 e. The molecule has 0 aromatic carbocycles. The summed E-state index contributed by atoms with van der Waals surface area (Å²) in [7, 11) is 6.77. The Kier molecular flexibility index (Phi) is 14.4. The highest BCUT2D eigenvalue weighted by Gasteiger charge is 2.12. The Hall–Kier alpha value is -2.86. The van der Waals surface area contributed by atoms with E-state index in [1.165, 1.54) is 0 Å². The van der Waals surface area contributed by atoms with Crippen molar-refractivity contribution in [3.05, 3.63) is 48.0 Å². The number of aromatic nitrogens is 2. The number of aliphatic imine (C=N–C) groups is 2. The predicted octanol–water partition coefficient (Wildman–Crippen LogP) is 2.54. The lowest BCUT2D eigenvalue weighted by Crippen LogP contribution is -2.43. The maximum atomic E-state index is 6.19. The van der Waals surface area contributed by atoms with Crippen LogP contribution in [0.4, 0.5) is 0 Å². The van der Waals surface area contributed by atoms with Crippen molar-refractivity contribution in [2.75, 3.05) is 66.0 Å². The van der Waals surface area contributed by atoms with Crippen molar-refractivity contribution in [3.8, 4) is 11.5 Å². The van der Waals surface area contributed by atoms with E-state index in [9.17, 15) is 0 Å². The molecule has 0 aliphatic carbocycles. The number of guanidine groups is 2. The topological polar surface area (TPSA) is 127 Å². The normalized spacial score (nSPS) is 11.9. The molecular weight excluding hydrogens is 508 g/mol. The lowest BCUT2D eigenvalue weighted by Gasteiger charge is -2.27. The first-order valence-corrected chi connectivity index (χ1v) is 14.4. The number of rotatable bonds is 16. The van der Waals surface area contributed by atoms with Gasteiger partial charge in [-0.05, 0) is 30.7 Å². The summed E-state index contributed by atoms with van der Waals surface area (Å²) in [6, 6.07) is 7.62. The van der Waals surface area contributed by atoms with E-state index >= 15 is 0 Å². The molecule has 37 heavy (non-hydrogen) atoms. The van der Waals surface area contributed by atoms with Gasteiger partial charge in [-0.1, -0.05) is 0 Å². The number of thioether (sulfide) groups is 2. The Morgan fingerprint density at radius 3 is 1.59 bits per heavy atom. The first-order valence-electron chi connectivity index (χ1n) is 12.1. The molecule has 0 unspecified atom stereocenters. The second-order valence-corrected chi connectivity index (χ2v) is 10.1. The molecule has 0 amide bonds. The fourth-order valence-electron chi connectivity index (χ4n) is 3.54. The van der Waals surface area contributed by atoms with Gasteiger partial charge in [-0.2, -0.15) is 23.5 Å². The third-order valence-electron chi connectivity index (χ3n) is 5.59. The van der Waals surface area contributed by atoms with Crippen LogP contribution in [0.15, 0.2) is 46.6 Å². The largest absolute Gasteiger partial charge is 0.495 e. The van der Waals surface area contributed by atoms with Crippen LogP contribution in [0.3, 0.4) is 0 Å². The average Bonchev–Trinajstić information content (AvgIpc) is 2.94. The maximum Gasteiger partial charge on any atom is 0.190 e. The van der Waals surface area contributed by atoms with E-state index in [4.69, 9.17) is 20.9 Å². The van der Waals surface area contributed by atoms with Gasteiger partial charge in [-0.25, -0.2) is 0 Å². The zero-order valence-electron chi connectivity index (χ0n) is 22.3. The average molecular weight is 549 g/mol. The first-order chi connectivity index (χ1) is 18.0. The molecule has 0 bridgehead atoms. The summed E-state index contributed by atoms with van der Waals surface area (Å²) in [6.07, 6.45) is 4.46. The molecule has 0 atom stereocenters. The summed E-state index contributed by atoms with van der Waals surface area (Å²) in [5.74, 6) is 6.06. The highest BCUT2D eigenvalue weighted by Crippen LogP contribution is 2.21. The molecule has 2 heterocycles. The molecule has 204 valence electrons. The molecule has 0 saturated heterocycles. The molecule has 0 saturated carbocycles. The lowest BCUT2D eigenvalue weighted by molar-refractivity contribution is 0.370. The van der Waals surface area contributed by atoms with Gasteiger partial charge in [0.15, 0.2) is 11.9 Å². The minimum absolute atomic E-state index is 0.541. The molecule has 12 heteroatoms. The number of hydrogen-bond donors (Lipinski definition) is 2. The summed E-state index contributed by atoms with van der Waals surface area (Å²) in [4.78, 5) is 21.5. The van der Waals surface area contributed by atoms with Crippen LogP contribution < -0.4 is 20.9 Å². The molecule has 2 aromatic rings. The molecular formula is C25H40N8O2S2. The molecule has 0 spiro atoms. The lowest BCUT2D eigenvalue weighted by atomic mass is 10.3. The van der Waals surface area contributed by atoms with Gasteiger partial charge in [-0.3, -0.25) is 20.0 Å². The van der Waals surface area contributed by atoms with Gasteiger partial charge in [0, 0.05) is 75.7 Å². The Morgan fingerprint density at radius 2 is 1.22 bits per heavy atom. The standard InChI is InChI=1S/C25H40N8O2S2/c1-28-24(26)32(14-16-36-18-20-22(34-3)8-5-10-30-20)12-7-13-33(25(27)29-2)15-17-37-19-21-23(35-4)9-6-11-31-21/h5-6,8-11H,7,12-19H2,1-4H3,(H2,26,28)(H2,27,29). The highest BCUT2D eigenvalue weighted by atomic mass is 32.2. The Bertz CT molecular complexity index is 915. The van der Waals surface area contributed by atoms with Crippen molar-refractivity contribution in [1.29, 1.82) is 0 Å². The van der Waals surface area contributed by atoms with Gasteiger partial charge < -0.3 is 30.7 Å². The third-order valence-corrected chi connectivity index (χ3v) is 7.49. The molecule has 2 aromatic heterocycles. The van der Waals surface area contributed by atoms with E-state index in [1.807, 2.05) is 24.3 Å². The van der Waals surface area contributed by atoms with Crippen molar-refractivity contribution in [3.63, 3.8) is 0 Å². The molecule has 4 N–H and O–H groups in total. The predicted molar refractivity (Wildman–Crippen MR) is 157 cm³/mol. The second-order valence-electron chi connectivity index (χ2n) is 7.90. The number of hydrogen-bond acceptors (Lipinski definition) is 8. The van der Waals surface area contributed by atoms with Crippen LogP contribution in [0, 0.1) is 0 Å². The number of nitrogens with two attached hydrogens (primary N) is 2. The monoisotopic (exact) mass is 548 g/mol. The highest BCUT2D eigenvalue weighted by molar-refractivity contribution is 7.98. The number of nitrogens with zero attached hydrogens (tertiary/aromatic N) is 6. The van der Waals surface area contributed by atoms with E-state index in [-0.39, 0.29) is 0 Å². The number of pyridine rings is 2. The van der Waals surface area contributed by atoms with Crippen LogP contribution >= 0.6 is 23.5 Å². The van der Waals surface area contributed by atoms with E-state index in [0.29, 0.717) is 11.9 Å². The van der Waals surface area contributed by atoms with Gasteiger partial charge in [0.25, 0.3) is 0 Å². The molecule has 0 radical (unpaired) electrons. The first kappa shape index (κ1) is 30.4. The summed E-state index contributed by atoms with van der Waals surface area (Å²) >= 11 is 3.59. The molecule has 0 aliphatic rings. The van der Waals surface area contributed by atoms with Gasteiger partial charge in [0.2, 0.25) is 0 Å². The summed E-state index contributed by atoms with van der Waals surface area (Å²) in [6.45, 7) is 3.15. The zero-order chi connectivity index (χ0) is 26.9. The fourth-order valence-corrected chi connectivity index (χ4v) is 5.35. The van der Waals surface area contributed by atoms with Crippen LogP contribution in [0.2, 0.25) is 0 Å². The SMILES string of the molecule is CN=C(N)N(CCCN(CCSCc1ncccc1OC)C(N)=NC)CCSCc1ncccc1OC. The molecule has 2 rings (SSSR count). The summed E-state index contributed by atoms with van der Waals surface area (Å²) in [5, 5.41) is 0. The van der Waals surface area contributed by atoms with E-state index < -0.39 is 0 Å². The van der Waals surface area contributed by atoms with Crippen LogP contribution in [0.1, 0.15) is 17.8 Å². The van der Waals surface area contributed by atoms with Crippen LogP contribution in [0.5, 0.6) is 11.5 Å². The minimum Gasteiger partial charge on any atom is -0.495 e. The van der Waals surface area contributed by atoms with Crippen molar-refractivity contribution >= 4 is 35.4 Å². The minimum atomic E-state index is 0.541. The quantitative estimate of drug-likeness (QED) is 0.183. The molecule has 10 nitrogen and oxygen atoms in total. The third kappa shape index (κ3) is 10.6. The maximum absolute atomic E-state index is 6.19. The van der Waals surface area contributed by atoms with Crippen LogP contribution in [0.25, 0.3) is 0 Å². The molecule has 0 aliphatic heterocycles. The number of ether oxygens (including phenoxy) is 2. The van der Waals surface area contributed by atoms with Crippen LogP contribution in [-0.4, -0.2) is 97.7 Å². The van der Waals surface area contributed by atoms with Gasteiger partial charge in [-0.15, -0.1) is 0 Å². The van der Waals surface area contributed by atoms with E-state index in [1.54, 1.807) is 64.2 Å². The number of methoxy groups -OCH3 is 2. The Balaban J connectivity index is 1.79. The molecule has 0 fully saturated rings. The van der Waals surface area contributed by atoms with Gasteiger partial charge in [0.05, 0.1) is 25.6 Å². The van der Waals surface area contributed by atoms with Crippen molar-refractivity contribution in [2.24, 2.45) is 21.5 Å². The van der Waals surface area contributed by atoms with E-state index in [0.717, 1.165) is 78.5 Å².